The summed E-state index contributed by atoms with van der Waals surface area (Å²) in [7, 11) is 0. The van der Waals surface area contributed by atoms with E-state index in [0.29, 0.717) is 5.56 Å². The second-order valence-electron chi connectivity index (χ2n) is 5.66. The SMILES string of the molecule is O=C(/C=C/c1cn(-c2ccccc2)nc1-c1ccncc1)c1ccsc1. The topological polar surface area (TPSA) is 47.8 Å². The van der Waals surface area contributed by atoms with Crippen LogP contribution in [0.2, 0.25) is 0 Å². The van der Waals surface area contributed by atoms with E-state index in [1.54, 1.807) is 18.5 Å². The number of carbonyl (C=O) groups is 1. The van der Waals surface area contributed by atoms with E-state index < -0.39 is 0 Å². The highest BCUT2D eigenvalue weighted by molar-refractivity contribution is 7.08. The van der Waals surface area contributed by atoms with Crippen LogP contribution in [-0.2, 0) is 0 Å². The first-order valence-electron chi connectivity index (χ1n) is 8.11. The summed E-state index contributed by atoms with van der Waals surface area (Å²) in [6.45, 7) is 0. The molecule has 1 aromatic carbocycles. The van der Waals surface area contributed by atoms with Crippen LogP contribution in [0.3, 0.4) is 0 Å². The van der Waals surface area contributed by atoms with Crippen LogP contribution in [0.1, 0.15) is 15.9 Å². The van der Waals surface area contributed by atoms with Gasteiger partial charge in [0.15, 0.2) is 5.78 Å². The molecule has 0 radical (unpaired) electrons. The summed E-state index contributed by atoms with van der Waals surface area (Å²) < 4.78 is 1.82. The van der Waals surface area contributed by atoms with Gasteiger partial charge in [-0.15, -0.1) is 0 Å². The molecule has 5 heteroatoms. The summed E-state index contributed by atoms with van der Waals surface area (Å²) in [6, 6.07) is 15.6. The van der Waals surface area contributed by atoms with E-state index in [2.05, 4.69) is 4.98 Å². The number of hydrogen-bond donors (Lipinski definition) is 0. The Balaban J connectivity index is 1.74. The summed E-state index contributed by atoms with van der Waals surface area (Å²) in [6.07, 6.45) is 8.82. The summed E-state index contributed by atoms with van der Waals surface area (Å²) >= 11 is 1.51. The van der Waals surface area contributed by atoms with E-state index in [9.17, 15) is 4.79 Å². The standard InChI is InChI=1S/C21H15N3OS/c25-20(18-10-13-26-15-18)7-6-17-14-24(19-4-2-1-3-5-19)23-21(17)16-8-11-22-12-9-16/h1-15H/b7-6+. The Morgan fingerprint density at radius 3 is 2.58 bits per heavy atom. The Morgan fingerprint density at radius 1 is 1.04 bits per heavy atom. The first-order valence-corrected chi connectivity index (χ1v) is 9.05. The zero-order valence-corrected chi connectivity index (χ0v) is 14.6. The first kappa shape index (κ1) is 16.2. The second kappa shape index (κ2) is 7.29. The zero-order valence-electron chi connectivity index (χ0n) is 13.8. The number of ketones is 1. The quantitative estimate of drug-likeness (QED) is 0.377. The molecular weight excluding hydrogens is 342 g/mol. The molecule has 0 N–H and O–H groups in total. The number of carbonyl (C=O) groups excluding carboxylic acids is 1. The van der Waals surface area contributed by atoms with Crippen molar-refractivity contribution in [1.29, 1.82) is 0 Å². The molecule has 0 aliphatic rings. The molecule has 0 amide bonds. The summed E-state index contributed by atoms with van der Waals surface area (Å²) in [5, 5.41) is 8.47. The van der Waals surface area contributed by atoms with Crippen LogP contribution in [0.25, 0.3) is 23.0 Å². The van der Waals surface area contributed by atoms with Crippen molar-refractivity contribution in [2.75, 3.05) is 0 Å². The minimum absolute atomic E-state index is 0.0145. The minimum Gasteiger partial charge on any atom is -0.289 e. The summed E-state index contributed by atoms with van der Waals surface area (Å²) in [5.74, 6) is -0.0145. The van der Waals surface area contributed by atoms with Crippen molar-refractivity contribution in [3.8, 4) is 16.9 Å². The maximum Gasteiger partial charge on any atom is 0.186 e. The molecule has 4 nitrogen and oxygen atoms in total. The molecule has 0 unspecified atom stereocenters. The largest absolute Gasteiger partial charge is 0.289 e. The third-order valence-electron chi connectivity index (χ3n) is 3.94. The summed E-state index contributed by atoms with van der Waals surface area (Å²) in [4.78, 5) is 16.4. The van der Waals surface area contributed by atoms with E-state index in [-0.39, 0.29) is 5.78 Å². The molecule has 0 bridgehead atoms. The molecule has 0 aliphatic carbocycles. The lowest BCUT2D eigenvalue weighted by molar-refractivity contribution is 0.104. The van der Waals surface area contributed by atoms with E-state index in [4.69, 9.17) is 5.10 Å². The number of nitrogens with zero attached hydrogens (tertiary/aromatic N) is 3. The van der Waals surface area contributed by atoms with E-state index >= 15 is 0 Å². The van der Waals surface area contributed by atoms with Crippen LogP contribution in [0.5, 0.6) is 0 Å². The fraction of sp³-hybridized carbons (Fsp3) is 0. The number of aromatic nitrogens is 3. The molecule has 0 aliphatic heterocycles. The number of pyridine rings is 1. The van der Waals surface area contributed by atoms with Gasteiger partial charge in [-0.05, 0) is 47.9 Å². The van der Waals surface area contributed by atoms with E-state index in [0.717, 1.165) is 22.5 Å². The van der Waals surface area contributed by atoms with Crippen LogP contribution in [-0.4, -0.2) is 20.5 Å². The molecular formula is C21H15N3OS. The minimum atomic E-state index is -0.0145. The number of thiophene rings is 1. The average Bonchev–Trinajstić information content (AvgIpc) is 3.38. The monoisotopic (exact) mass is 357 g/mol. The Kier molecular flexibility index (Phi) is 4.53. The fourth-order valence-electron chi connectivity index (χ4n) is 2.62. The smallest absolute Gasteiger partial charge is 0.186 e. The lowest BCUT2D eigenvalue weighted by Crippen LogP contribution is -1.93. The Bertz CT molecular complexity index is 1040. The third kappa shape index (κ3) is 3.38. The molecule has 3 heterocycles. The Labute approximate surface area is 155 Å². The number of hydrogen-bond acceptors (Lipinski definition) is 4. The first-order chi connectivity index (χ1) is 12.8. The maximum atomic E-state index is 12.3. The van der Waals surface area contributed by atoms with E-state index in [1.807, 2.05) is 76.2 Å². The maximum absolute atomic E-state index is 12.3. The lowest BCUT2D eigenvalue weighted by Gasteiger charge is -2.00. The lowest BCUT2D eigenvalue weighted by atomic mass is 10.1. The van der Waals surface area contributed by atoms with Crippen molar-refractivity contribution in [2.45, 2.75) is 0 Å². The number of rotatable bonds is 5. The van der Waals surface area contributed by atoms with Gasteiger partial charge < -0.3 is 0 Å². The van der Waals surface area contributed by atoms with Crippen molar-refractivity contribution < 1.29 is 4.79 Å². The average molecular weight is 357 g/mol. The fourth-order valence-corrected chi connectivity index (χ4v) is 3.27. The highest BCUT2D eigenvalue weighted by Gasteiger charge is 2.11. The van der Waals surface area contributed by atoms with E-state index in [1.165, 1.54) is 11.3 Å². The highest BCUT2D eigenvalue weighted by atomic mass is 32.1. The van der Waals surface area contributed by atoms with Crippen molar-refractivity contribution >= 4 is 23.2 Å². The molecule has 0 saturated carbocycles. The van der Waals surface area contributed by atoms with Gasteiger partial charge in [0.2, 0.25) is 0 Å². The Hall–Kier alpha value is -3.31. The molecule has 0 atom stereocenters. The van der Waals surface area contributed by atoms with Crippen LogP contribution in [0.15, 0.2) is 84.0 Å². The van der Waals surface area contributed by atoms with Crippen LogP contribution < -0.4 is 0 Å². The summed E-state index contributed by atoms with van der Waals surface area (Å²) in [5.41, 5.74) is 4.31. The number of allylic oxidation sites excluding steroid dienone is 1. The van der Waals surface area contributed by atoms with Crippen LogP contribution in [0.4, 0.5) is 0 Å². The number of para-hydroxylation sites is 1. The Morgan fingerprint density at radius 2 is 1.85 bits per heavy atom. The molecule has 4 aromatic rings. The predicted octanol–water partition coefficient (Wildman–Crippen LogP) is 4.89. The van der Waals surface area contributed by atoms with Gasteiger partial charge in [-0.1, -0.05) is 18.2 Å². The van der Waals surface area contributed by atoms with Gasteiger partial charge in [0.05, 0.1) is 5.69 Å². The molecule has 0 fully saturated rings. The normalized spacial score (nSPS) is 11.1. The second-order valence-corrected chi connectivity index (χ2v) is 6.44. The third-order valence-corrected chi connectivity index (χ3v) is 4.62. The van der Waals surface area contributed by atoms with Gasteiger partial charge in [-0.3, -0.25) is 9.78 Å². The molecule has 126 valence electrons. The van der Waals surface area contributed by atoms with Crippen molar-refractivity contribution in [2.24, 2.45) is 0 Å². The predicted molar refractivity (Wildman–Crippen MR) is 104 cm³/mol. The zero-order chi connectivity index (χ0) is 17.8. The molecule has 0 spiro atoms. The van der Waals surface area contributed by atoms with Gasteiger partial charge in [0, 0.05) is 40.7 Å². The van der Waals surface area contributed by atoms with Gasteiger partial charge in [-0.2, -0.15) is 16.4 Å². The molecule has 3 aromatic heterocycles. The molecule has 0 saturated heterocycles. The number of benzene rings is 1. The van der Waals surface area contributed by atoms with Crippen LogP contribution in [0, 0.1) is 0 Å². The molecule has 26 heavy (non-hydrogen) atoms. The van der Waals surface area contributed by atoms with Gasteiger partial charge in [0.25, 0.3) is 0 Å². The highest BCUT2D eigenvalue weighted by Crippen LogP contribution is 2.24. The van der Waals surface area contributed by atoms with Crippen molar-refractivity contribution in [1.82, 2.24) is 14.8 Å². The van der Waals surface area contributed by atoms with Crippen molar-refractivity contribution in [3.63, 3.8) is 0 Å². The van der Waals surface area contributed by atoms with Gasteiger partial charge in [0.1, 0.15) is 5.69 Å². The van der Waals surface area contributed by atoms with Crippen LogP contribution >= 0.6 is 11.3 Å². The van der Waals surface area contributed by atoms with Crippen molar-refractivity contribution in [3.05, 3.63) is 95.1 Å². The van der Waals surface area contributed by atoms with Gasteiger partial charge >= 0.3 is 0 Å². The van der Waals surface area contributed by atoms with Gasteiger partial charge in [-0.25, -0.2) is 4.68 Å². The molecule has 4 rings (SSSR count).